The lowest BCUT2D eigenvalue weighted by atomic mass is 9.98. The van der Waals surface area contributed by atoms with Crippen LogP contribution in [0.2, 0.25) is 0 Å². The summed E-state index contributed by atoms with van der Waals surface area (Å²) in [4.78, 5) is 28.9. The van der Waals surface area contributed by atoms with Crippen LogP contribution in [-0.4, -0.2) is 75.2 Å². The summed E-state index contributed by atoms with van der Waals surface area (Å²) in [5.41, 5.74) is 2.46. The Morgan fingerprint density at radius 1 is 1.20 bits per heavy atom. The van der Waals surface area contributed by atoms with Crippen molar-refractivity contribution in [1.29, 1.82) is 0 Å². The molecule has 0 saturated carbocycles. The summed E-state index contributed by atoms with van der Waals surface area (Å²) < 4.78 is 12.7. The number of hydrogen-bond donors (Lipinski definition) is 1. The van der Waals surface area contributed by atoms with E-state index in [0.717, 1.165) is 42.1 Å². The number of nitrogens with one attached hydrogen (secondary N) is 1. The lowest BCUT2D eigenvalue weighted by Crippen LogP contribution is -2.49. The highest BCUT2D eigenvalue weighted by Crippen LogP contribution is 2.32. The van der Waals surface area contributed by atoms with Gasteiger partial charge < -0.3 is 19.7 Å². The number of fused-ring (bicyclic) bond motifs is 1. The van der Waals surface area contributed by atoms with Gasteiger partial charge in [0, 0.05) is 44.7 Å². The Hall–Kier alpha value is -2.85. The molecule has 0 bridgehead atoms. The third kappa shape index (κ3) is 7.32. The quantitative estimate of drug-likeness (QED) is 0.665. The van der Waals surface area contributed by atoms with Crippen molar-refractivity contribution >= 4 is 24.4 Å². The number of carbonyl (C=O) groups is 2. The van der Waals surface area contributed by atoms with Crippen LogP contribution in [0.5, 0.6) is 5.75 Å². The number of benzene rings is 1. The molecule has 1 fully saturated rings. The monoisotopic (exact) mass is 506 g/mol. The second-order valence-corrected chi connectivity index (χ2v) is 9.95. The van der Waals surface area contributed by atoms with Gasteiger partial charge in [-0.05, 0) is 33.8 Å². The van der Waals surface area contributed by atoms with Gasteiger partial charge in [0.15, 0.2) is 0 Å². The van der Waals surface area contributed by atoms with Crippen LogP contribution in [0.1, 0.15) is 50.1 Å². The molecule has 2 aromatic rings. The Morgan fingerprint density at radius 3 is 2.66 bits per heavy atom. The van der Waals surface area contributed by atoms with Gasteiger partial charge in [0.1, 0.15) is 17.9 Å². The van der Waals surface area contributed by atoms with Gasteiger partial charge in [-0.15, -0.1) is 17.5 Å². The zero-order chi connectivity index (χ0) is 24.3. The molecule has 1 aromatic heterocycles. The van der Waals surface area contributed by atoms with Crippen molar-refractivity contribution in [3.05, 3.63) is 41.2 Å². The molecule has 11 heteroatoms. The Morgan fingerprint density at radius 2 is 1.94 bits per heavy atom. The molecule has 0 radical (unpaired) electrons. The Labute approximate surface area is 212 Å². The van der Waals surface area contributed by atoms with Crippen molar-refractivity contribution in [1.82, 2.24) is 30.1 Å². The molecule has 192 valence electrons. The normalized spacial score (nSPS) is 18.2. The van der Waals surface area contributed by atoms with E-state index in [0.29, 0.717) is 26.2 Å². The average molecular weight is 507 g/mol. The molecule has 1 saturated heterocycles. The topological polar surface area (TPSA) is 102 Å². The standard InChI is InChI=1S/C24H34N6O4.ClH/c1-17-5-6-21-19(13-17)20(7-12-33-21)25-22(31)16-30-15-18(26-27-30)14-28-8-10-29(11-9-28)23(32)34-24(2,3)4;/h5-6,13,15,20H,7-12,14,16H2,1-4H3,(H,25,31);1H. The predicted molar refractivity (Wildman–Crippen MR) is 133 cm³/mol. The second kappa shape index (κ2) is 11.3. The van der Waals surface area contributed by atoms with Crippen LogP contribution in [0.3, 0.4) is 0 Å². The molecule has 0 aliphatic carbocycles. The van der Waals surface area contributed by atoms with Crippen molar-refractivity contribution in [3.8, 4) is 5.75 Å². The molecule has 4 rings (SSSR count). The van der Waals surface area contributed by atoms with Crippen molar-refractivity contribution < 1.29 is 19.1 Å². The maximum absolute atomic E-state index is 12.7. The third-order valence-corrected chi connectivity index (χ3v) is 5.84. The average Bonchev–Trinajstić information content (AvgIpc) is 3.20. The van der Waals surface area contributed by atoms with Gasteiger partial charge in [-0.3, -0.25) is 9.69 Å². The minimum atomic E-state index is -0.494. The zero-order valence-corrected chi connectivity index (χ0v) is 21.6. The molecular weight excluding hydrogens is 472 g/mol. The van der Waals surface area contributed by atoms with Crippen molar-refractivity contribution in [2.45, 2.75) is 58.8 Å². The van der Waals surface area contributed by atoms with E-state index in [4.69, 9.17) is 9.47 Å². The number of ether oxygens (including phenoxy) is 2. The van der Waals surface area contributed by atoms with Crippen LogP contribution >= 0.6 is 12.4 Å². The van der Waals surface area contributed by atoms with E-state index < -0.39 is 5.60 Å². The van der Waals surface area contributed by atoms with Crippen LogP contribution in [0.25, 0.3) is 0 Å². The number of nitrogens with zero attached hydrogens (tertiary/aromatic N) is 5. The molecule has 1 N–H and O–H groups in total. The van der Waals surface area contributed by atoms with E-state index in [1.165, 1.54) is 0 Å². The first-order valence-electron chi connectivity index (χ1n) is 11.8. The van der Waals surface area contributed by atoms with Crippen molar-refractivity contribution in [2.75, 3.05) is 32.8 Å². The summed E-state index contributed by atoms with van der Waals surface area (Å²) in [5.74, 6) is 0.721. The number of piperazine rings is 1. The first-order chi connectivity index (χ1) is 16.2. The van der Waals surface area contributed by atoms with E-state index in [-0.39, 0.29) is 37.0 Å². The number of hydrogen-bond acceptors (Lipinski definition) is 7. The van der Waals surface area contributed by atoms with Gasteiger partial charge in [0.05, 0.1) is 24.5 Å². The SMILES string of the molecule is Cc1ccc2c(c1)C(NC(=O)Cn1cc(CN3CCN(C(=O)OC(C)(C)C)CC3)nn1)CCO2.Cl. The highest BCUT2D eigenvalue weighted by Gasteiger charge is 2.26. The van der Waals surface area contributed by atoms with E-state index in [9.17, 15) is 9.59 Å². The molecule has 10 nitrogen and oxygen atoms in total. The minimum Gasteiger partial charge on any atom is -0.493 e. The first kappa shape index (κ1) is 26.7. The largest absolute Gasteiger partial charge is 0.493 e. The van der Waals surface area contributed by atoms with Gasteiger partial charge in [-0.2, -0.15) is 0 Å². The first-order valence-corrected chi connectivity index (χ1v) is 11.8. The fourth-order valence-corrected chi connectivity index (χ4v) is 4.18. The van der Waals surface area contributed by atoms with E-state index in [1.807, 2.05) is 46.0 Å². The molecule has 3 heterocycles. The lowest BCUT2D eigenvalue weighted by molar-refractivity contribution is -0.122. The number of aryl methyl sites for hydroxylation is 1. The highest BCUT2D eigenvalue weighted by atomic mass is 35.5. The number of amides is 2. The number of halogens is 1. The third-order valence-electron chi connectivity index (χ3n) is 5.84. The summed E-state index contributed by atoms with van der Waals surface area (Å²) >= 11 is 0. The second-order valence-electron chi connectivity index (χ2n) is 9.95. The lowest BCUT2D eigenvalue weighted by Gasteiger charge is -2.35. The molecule has 2 aliphatic rings. The summed E-state index contributed by atoms with van der Waals surface area (Å²) in [6, 6.07) is 5.97. The maximum Gasteiger partial charge on any atom is 0.410 e. The maximum atomic E-state index is 12.7. The minimum absolute atomic E-state index is 0. The Kier molecular flexibility index (Phi) is 8.60. The summed E-state index contributed by atoms with van der Waals surface area (Å²) in [6.45, 7) is 11.6. The number of rotatable bonds is 5. The summed E-state index contributed by atoms with van der Waals surface area (Å²) in [7, 11) is 0. The fraction of sp³-hybridized carbons (Fsp3) is 0.583. The number of aromatic nitrogens is 3. The van der Waals surface area contributed by atoms with E-state index in [2.05, 4.69) is 26.6 Å². The van der Waals surface area contributed by atoms with E-state index >= 15 is 0 Å². The van der Waals surface area contributed by atoms with Gasteiger partial charge in [-0.1, -0.05) is 22.9 Å². The molecule has 35 heavy (non-hydrogen) atoms. The van der Waals surface area contributed by atoms with Crippen LogP contribution in [0.4, 0.5) is 4.79 Å². The van der Waals surface area contributed by atoms with Gasteiger partial charge in [0.25, 0.3) is 0 Å². The van der Waals surface area contributed by atoms with E-state index in [1.54, 1.807) is 9.58 Å². The molecular formula is C24H35ClN6O4. The van der Waals surface area contributed by atoms with Crippen LogP contribution < -0.4 is 10.1 Å². The molecule has 1 unspecified atom stereocenters. The van der Waals surface area contributed by atoms with Gasteiger partial charge in [-0.25, -0.2) is 9.48 Å². The Balaban J connectivity index is 0.00000342. The molecule has 0 spiro atoms. The van der Waals surface area contributed by atoms with Crippen LogP contribution in [-0.2, 0) is 22.6 Å². The number of carbonyl (C=O) groups excluding carboxylic acids is 2. The van der Waals surface area contributed by atoms with Crippen LogP contribution in [0.15, 0.2) is 24.4 Å². The van der Waals surface area contributed by atoms with Crippen LogP contribution in [0, 0.1) is 6.92 Å². The predicted octanol–water partition coefficient (Wildman–Crippen LogP) is 2.70. The molecule has 1 atom stereocenters. The van der Waals surface area contributed by atoms with Crippen molar-refractivity contribution in [2.24, 2.45) is 0 Å². The molecule has 2 aliphatic heterocycles. The fourth-order valence-electron chi connectivity index (χ4n) is 4.18. The smallest absolute Gasteiger partial charge is 0.410 e. The summed E-state index contributed by atoms with van der Waals surface area (Å²) in [5, 5.41) is 11.5. The Bertz CT molecular complexity index is 1030. The van der Waals surface area contributed by atoms with Gasteiger partial charge in [0.2, 0.25) is 5.91 Å². The summed E-state index contributed by atoms with van der Waals surface area (Å²) in [6.07, 6.45) is 2.27. The highest BCUT2D eigenvalue weighted by molar-refractivity contribution is 5.85. The zero-order valence-electron chi connectivity index (χ0n) is 20.8. The molecule has 2 amide bonds. The van der Waals surface area contributed by atoms with Gasteiger partial charge >= 0.3 is 6.09 Å². The molecule has 1 aromatic carbocycles. The van der Waals surface area contributed by atoms with Crippen molar-refractivity contribution in [3.63, 3.8) is 0 Å².